The summed E-state index contributed by atoms with van der Waals surface area (Å²) in [5.74, 6) is -0.191. The van der Waals surface area contributed by atoms with Crippen molar-refractivity contribution in [2.24, 2.45) is 0 Å². The fourth-order valence-corrected chi connectivity index (χ4v) is 3.86. The minimum Gasteiger partial charge on any atom is -0.355 e. The van der Waals surface area contributed by atoms with Crippen molar-refractivity contribution < 1.29 is 4.79 Å². The zero-order valence-electron chi connectivity index (χ0n) is 19.5. The maximum Gasteiger partial charge on any atom is 0.255 e. The van der Waals surface area contributed by atoms with E-state index in [2.05, 4.69) is 32.0 Å². The van der Waals surface area contributed by atoms with Gasteiger partial charge in [-0.25, -0.2) is 0 Å². The Hall–Kier alpha value is -5.22. The third kappa shape index (κ3) is 4.98. The third-order valence-electron chi connectivity index (χ3n) is 5.74. The van der Waals surface area contributed by atoms with Crippen LogP contribution in [0.25, 0.3) is 10.9 Å². The molecule has 174 valence electrons. The van der Waals surface area contributed by atoms with E-state index < -0.39 is 0 Å². The van der Waals surface area contributed by atoms with Crippen LogP contribution in [0.3, 0.4) is 0 Å². The fraction of sp³-hybridized carbons (Fsp3) is 0.0345. The zero-order chi connectivity index (χ0) is 24.9. The summed E-state index contributed by atoms with van der Waals surface area (Å²) < 4.78 is 0. The molecule has 3 aromatic carbocycles. The number of rotatable bonds is 6. The van der Waals surface area contributed by atoms with Gasteiger partial charge < -0.3 is 16.0 Å². The predicted octanol–water partition coefficient (Wildman–Crippen LogP) is 6.55. The second kappa shape index (κ2) is 9.95. The number of hydrogen-bond donors (Lipinski definition) is 3. The molecule has 0 bridgehead atoms. The number of aryl methyl sites for hydroxylation is 1. The minimum absolute atomic E-state index is 0.191. The Morgan fingerprint density at radius 1 is 0.778 bits per heavy atom. The number of amides is 1. The Kier molecular flexibility index (Phi) is 6.24. The molecule has 0 atom stereocenters. The molecule has 0 unspecified atom stereocenters. The van der Waals surface area contributed by atoms with Gasteiger partial charge in [-0.3, -0.25) is 14.8 Å². The first kappa shape index (κ1) is 22.6. The zero-order valence-corrected chi connectivity index (χ0v) is 19.5. The molecule has 36 heavy (non-hydrogen) atoms. The van der Waals surface area contributed by atoms with Gasteiger partial charge in [0.1, 0.15) is 0 Å². The maximum absolute atomic E-state index is 12.8. The molecular weight excluding hydrogens is 448 g/mol. The van der Waals surface area contributed by atoms with Crippen LogP contribution in [0.1, 0.15) is 21.5 Å². The van der Waals surface area contributed by atoms with E-state index in [9.17, 15) is 10.1 Å². The van der Waals surface area contributed by atoms with Gasteiger partial charge >= 0.3 is 0 Å². The Morgan fingerprint density at radius 3 is 2.25 bits per heavy atom. The number of nitrogens with one attached hydrogen (secondary N) is 3. The quantitative estimate of drug-likeness (QED) is 0.260. The van der Waals surface area contributed by atoms with Crippen molar-refractivity contribution in [3.05, 3.63) is 114 Å². The maximum atomic E-state index is 12.8. The summed E-state index contributed by atoms with van der Waals surface area (Å²) in [6, 6.07) is 26.2. The lowest BCUT2D eigenvalue weighted by atomic mass is 10.1. The first-order chi connectivity index (χ1) is 17.6. The number of nitrogens with zero attached hydrogens (tertiary/aromatic N) is 3. The van der Waals surface area contributed by atoms with Crippen LogP contribution in [0.4, 0.5) is 28.4 Å². The van der Waals surface area contributed by atoms with E-state index >= 15 is 0 Å². The van der Waals surface area contributed by atoms with Crippen molar-refractivity contribution in [1.82, 2.24) is 9.97 Å². The second-order valence-electron chi connectivity index (χ2n) is 8.25. The molecule has 7 heteroatoms. The fourth-order valence-electron chi connectivity index (χ4n) is 3.86. The molecule has 0 aliphatic carbocycles. The summed E-state index contributed by atoms with van der Waals surface area (Å²) in [5, 5.41) is 19.7. The predicted molar refractivity (Wildman–Crippen MR) is 143 cm³/mol. The number of anilines is 5. The number of aromatic nitrogens is 2. The van der Waals surface area contributed by atoms with Crippen LogP contribution >= 0.6 is 0 Å². The molecule has 2 heterocycles. The molecule has 7 nitrogen and oxygen atoms in total. The number of benzene rings is 3. The van der Waals surface area contributed by atoms with E-state index in [0.29, 0.717) is 11.1 Å². The number of carbonyl (C=O) groups is 1. The summed E-state index contributed by atoms with van der Waals surface area (Å²) >= 11 is 0. The Labute approximate surface area is 208 Å². The smallest absolute Gasteiger partial charge is 0.255 e. The molecule has 2 aromatic heterocycles. The largest absolute Gasteiger partial charge is 0.355 e. The second-order valence-corrected chi connectivity index (χ2v) is 8.25. The molecular formula is C29H22N6O. The van der Waals surface area contributed by atoms with Gasteiger partial charge in [-0.15, -0.1) is 0 Å². The average molecular weight is 471 g/mol. The lowest BCUT2D eigenvalue weighted by Crippen LogP contribution is -2.12. The van der Waals surface area contributed by atoms with Gasteiger partial charge in [-0.05, 0) is 91.3 Å². The van der Waals surface area contributed by atoms with Gasteiger partial charge in [0.2, 0.25) is 0 Å². The van der Waals surface area contributed by atoms with Crippen LogP contribution in [0, 0.1) is 18.3 Å². The van der Waals surface area contributed by atoms with Crippen LogP contribution in [-0.2, 0) is 0 Å². The van der Waals surface area contributed by atoms with Crippen molar-refractivity contribution >= 4 is 45.2 Å². The Bertz CT molecular complexity index is 1590. The first-order valence-corrected chi connectivity index (χ1v) is 11.3. The molecule has 0 saturated heterocycles. The van der Waals surface area contributed by atoms with E-state index in [1.54, 1.807) is 36.8 Å². The summed E-state index contributed by atoms with van der Waals surface area (Å²) in [7, 11) is 0. The standard InChI is InChI=1S/C29H22N6O/c1-19-16-24(7-9-26(19)33-23-10-13-31-14-11-23)35-29(36)21-3-5-22(6-4-21)34-28-12-15-32-27-8-2-20(18-30)17-25(27)28/h2-17H,1H3,(H,31,33)(H,32,34)(H,35,36). The molecule has 0 saturated carbocycles. The van der Waals surface area contributed by atoms with Crippen LogP contribution in [0.5, 0.6) is 0 Å². The van der Waals surface area contributed by atoms with Crippen LogP contribution in [0.15, 0.2) is 97.5 Å². The van der Waals surface area contributed by atoms with Crippen LogP contribution in [-0.4, -0.2) is 15.9 Å². The van der Waals surface area contributed by atoms with Crippen molar-refractivity contribution in [2.75, 3.05) is 16.0 Å². The first-order valence-electron chi connectivity index (χ1n) is 11.3. The Balaban J connectivity index is 1.27. The molecule has 0 fully saturated rings. The SMILES string of the molecule is Cc1cc(NC(=O)c2ccc(Nc3ccnc4ccc(C#N)cc34)cc2)ccc1Nc1ccncc1. The number of pyridine rings is 2. The normalized spacial score (nSPS) is 10.4. The molecule has 0 radical (unpaired) electrons. The summed E-state index contributed by atoms with van der Waals surface area (Å²) in [5.41, 5.74) is 7.21. The van der Waals surface area contributed by atoms with Crippen LogP contribution < -0.4 is 16.0 Å². The van der Waals surface area contributed by atoms with E-state index in [1.165, 1.54) is 0 Å². The van der Waals surface area contributed by atoms with Gasteiger partial charge in [-0.2, -0.15) is 5.26 Å². The number of hydrogen-bond acceptors (Lipinski definition) is 6. The monoisotopic (exact) mass is 470 g/mol. The number of carbonyl (C=O) groups excluding carboxylic acids is 1. The number of fused-ring (bicyclic) bond motifs is 1. The summed E-state index contributed by atoms with van der Waals surface area (Å²) in [6.07, 6.45) is 5.19. The highest BCUT2D eigenvalue weighted by atomic mass is 16.1. The van der Waals surface area contributed by atoms with E-state index in [0.717, 1.165) is 44.9 Å². The molecule has 0 aliphatic rings. The third-order valence-corrected chi connectivity index (χ3v) is 5.74. The van der Waals surface area contributed by atoms with E-state index in [1.807, 2.05) is 67.6 Å². The number of nitriles is 1. The van der Waals surface area contributed by atoms with E-state index in [4.69, 9.17) is 0 Å². The lowest BCUT2D eigenvalue weighted by Gasteiger charge is -2.13. The molecule has 0 spiro atoms. The highest BCUT2D eigenvalue weighted by molar-refractivity contribution is 6.04. The van der Waals surface area contributed by atoms with Crippen LogP contribution in [0.2, 0.25) is 0 Å². The van der Waals surface area contributed by atoms with Gasteiger partial charge in [0, 0.05) is 58.0 Å². The Morgan fingerprint density at radius 2 is 1.50 bits per heavy atom. The molecule has 1 amide bonds. The average Bonchev–Trinajstić information content (AvgIpc) is 2.91. The van der Waals surface area contributed by atoms with Crippen molar-refractivity contribution in [2.45, 2.75) is 6.92 Å². The van der Waals surface area contributed by atoms with Crippen molar-refractivity contribution in [1.29, 1.82) is 5.26 Å². The van der Waals surface area contributed by atoms with Gasteiger partial charge in [-0.1, -0.05) is 0 Å². The van der Waals surface area contributed by atoms with Gasteiger partial charge in [0.25, 0.3) is 5.91 Å². The van der Waals surface area contributed by atoms with Crippen molar-refractivity contribution in [3.8, 4) is 6.07 Å². The summed E-state index contributed by atoms with van der Waals surface area (Å²) in [6.45, 7) is 1.99. The molecule has 5 rings (SSSR count). The van der Waals surface area contributed by atoms with E-state index in [-0.39, 0.29) is 5.91 Å². The highest BCUT2D eigenvalue weighted by Crippen LogP contribution is 2.27. The van der Waals surface area contributed by atoms with Gasteiger partial charge in [0.05, 0.1) is 17.1 Å². The topological polar surface area (TPSA) is 103 Å². The summed E-state index contributed by atoms with van der Waals surface area (Å²) in [4.78, 5) is 21.2. The molecule has 0 aliphatic heterocycles. The minimum atomic E-state index is -0.191. The van der Waals surface area contributed by atoms with Gasteiger partial charge in [0.15, 0.2) is 0 Å². The van der Waals surface area contributed by atoms with Crippen molar-refractivity contribution in [3.63, 3.8) is 0 Å². The highest BCUT2D eigenvalue weighted by Gasteiger charge is 2.09. The lowest BCUT2D eigenvalue weighted by molar-refractivity contribution is 0.102. The molecule has 3 N–H and O–H groups in total. The molecule has 5 aromatic rings.